The molecule has 2 aromatic rings. The van der Waals surface area contributed by atoms with Gasteiger partial charge in [0.2, 0.25) is 5.95 Å². The number of hydrogen-bond acceptors (Lipinski definition) is 4. The van der Waals surface area contributed by atoms with E-state index in [2.05, 4.69) is 67.0 Å². The lowest BCUT2D eigenvalue weighted by molar-refractivity contribution is 0.400. The van der Waals surface area contributed by atoms with E-state index in [4.69, 9.17) is 9.97 Å². The van der Waals surface area contributed by atoms with Gasteiger partial charge in [0.05, 0.1) is 0 Å². The van der Waals surface area contributed by atoms with Crippen LogP contribution >= 0.6 is 0 Å². The fourth-order valence-corrected chi connectivity index (χ4v) is 3.67. The topological polar surface area (TPSA) is 32.3 Å². The highest BCUT2D eigenvalue weighted by Gasteiger charge is 2.22. The maximum atomic E-state index is 4.85. The molecule has 0 spiro atoms. The van der Waals surface area contributed by atoms with E-state index in [1.54, 1.807) is 0 Å². The maximum Gasteiger partial charge on any atom is 0.227 e. The predicted octanol–water partition coefficient (Wildman–Crippen LogP) is 4.09. The van der Waals surface area contributed by atoms with Gasteiger partial charge in [-0.05, 0) is 51.5 Å². The SMILES string of the molecule is CCN(CC)c1cc(C)nc(N2CCC(Cc3ccccc3)CC2)n1. The molecule has 4 nitrogen and oxygen atoms in total. The Morgan fingerprint density at radius 2 is 1.72 bits per heavy atom. The normalized spacial score (nSPS) is 15.4. The quantitative estimate of drug-likeness (QED) is 0.794. The summed E-state index contributed by atoms with van der Waals surface area (Å²) < 4.78 is 0. The van der Waals surface area contributed by atoms with E-state index in [0.717, 1.165) is 49.6 Å². The molecule has 0 aliphatic carbocycles. The number of rotatable bonds is 6. The van der Waals surface area contributed by atoms with Gasteiger partial charge in [0.15, 0.2) is 0 Å². The first kappa shape index (κ1) is 17.7. The zero-order chi connectivity index (χ0) is 17.6. The van der Waals surface area contributed by atoms with Crippen LogP contribution in [-0.2, 0) is 6.42 Å². The first-order chi connectivity index (χ1) is 12.2. The monoisotopic (exact) mass is 338 g/mol. The van der Waals surface area contributed by atoms with Crippen LogP contribution in [0.4, 0.5) is 11.8 Å². The minimum absolute atomic E-state index is 0.769. The second-order valence-corrected chi connectivity index (χ2v) is 6.96. The van der Waals surface area contributed by atoms with Crippen LogP contribution in [0.15, 0.2) is 36.4 Å². The summed E-state index contributed by atoms with van der Waals surface area (Å²) in [4.78, 5) is 14.2. The lowest BCUT2D eigenvalue weighted by Gasteiger charge is -2.33. The summed E-state index contributed by atoms with van der Waals surface area (Å²) in [6.07, 6.45) is 3.62. The smallest absolute Gasteiger partial charge is 0.227 e. The van der Waals surface area contributed by atoms with Gasteiger partial charge in [0.1, 0.15) is 5.82 Å². The van der Waals surface area contributed by atoms with Crippen molar-refractivity contribution in [3.05, 3.63) is 47.7 Å². The Kier molecular flexibility index (Phi) is 5.90. The fraction of sp³-hybridized carbons (Fsp3) is 0.524. The minimum atomic E-state index is 0.769. The Hall–Kier alpha value is -2.10. The third-order valence-corrected chi connectivity index (χ3v) is 5.18. The molecule has 0 saturated carbocycles. The molecule has 1 aromatic carbocycles. The summed E-state index contributed by atoms with van der Waals surface area (Å²) in [5.74, 6) is 2.73. The average Bonchev–Trinajstić information content (AvgIpc) is 2.64. The molecule has 2 heterocycles. The lowest BCUT2D eigenvalue weighted by Crippen LogP contribution is -2.36. The van der Waals surface area contributed by atoms with Crippen molar-refractivity contribution in [3.63, 3.8) is 0 Å². The molecular weight excluding hydrogens is 308 g/mol. The molecule has 3 rings (SSSR count). The highest BCUT2D eigenvalue weighted by atomic mass is 15.3. The Labute approximate surface area is 151 Å². The molecule has 1 aromatic heterocycles. The van der Waals surface area contributed by atoms with Crippen molar-refractivity contribution in [1.82, 2.24) is 9.97 Å². The molecule has 1 aliphatic heterocycles. The number of hydrogen-bond donors (Lipinski definition) is 0. The van der Waals surface area contributed by atoms with E-state index < -0.39 is 0 Å². The molecule has 25 heavy (non-hydrogen) atoms. The van der Waals surface area contributed by atoms with Crippen LogP contribution in [0.25, 0.3) is 0 Å². The molecule has 0 N–H and O–H groups in total. The summed E-state index contributed by atoms with van der Waals surface area (Å²) in [6.45, 7) is 10.5. The molecule has 0 amide bonds. The number of benzene rings is 1. The van der Waals surface area contributed by atoms with Crippen molar-refractivity contribution in [2.75, 3.05) is 36.0 Å². The summed E-state index contributed by atoms with van der Waals surface area (Å²) >= 11 is 0. The van der Waals surface area contributed by atoms with Gasteiger partial charge in [-0.3, -0.25) is 0 Å². The Morgan fingerprint density at radius 1 is 1.04 bits per heavy atom. The fourth-order valence-electron chi connectivity index (χ4n) is 3.67. The van der Waals surface area contributed by atoms with E-state index >= 15 is 0 Å². The van der Waals surface area contributed by atoms with Gasteiger partial charge in [-0.15, -0.1) is 0 Å². The second-order valence-electron chi connectivity index (χ2n) is 6.96. The van der Waals surface area contributed by atoms with Crippen LogP contribution in [0.1, 0.15) is 37.9 Å². The van der Waals surface area contributed by atoms with E-state index in [1.807, 2.05) is 0 Å². The van der Waals surface area contributed by atoms with Gasteiger partial charge in [0, 0.05) is 37.9 Å². The zero-order valence-corrected chi connectivity index (χ0v) is 15.8. The molecule has 1 fully saturated rings. The van der Waals surface area contributed by atoms with Crippen molar-refractivity contribution in [1.29, 1.82) is 0 Å². The predicted molar refractivity (Wildman–Crippen MR) is 105 cm³/mol. The van der Waals surface area contributed by atoms with E-state index in [-0.39, 0.29) is 0 Å². The first-order valence-electron chi connectivity index (χ1n) is 9.59. The summed E-state index contributed by atoms with van der Waals surface area (Å²) in [7, 11) is 0. The van der Waals surface area contributed by atoms with Crippen LogP contribution in [0.3, 0.4) is 0 Å². The standard InChI is InChI=1S/C21H30N4/c1-4-24(5-2)20-15-17(3)22-21(23-20)25-13-11-19(12-14-25)16-18-9-7-6-8-10-18/h6-10,15,19H,4-5,11-14,16H2,1-3H3. The van der Waals surface area contributed by atoms with Crippen molar-refractivity contribution in [2.24, 2.45) is 5.92 Å². The first-order valence-corrected chi connectivity index (χ1v) is 9.59. The van der Waals surface area contributed by atoms with Gasteiger partial charge in [-0.25, -0.2) is 4.98 Å². The lowest BCUT2D eigenvalue weighted by atomic mass is 9.90. The molecule has 0 radical (unpaired) electrons. The summed E-state index contributed by atoms with van der Waals surface area (Å²) in [6, 6.07) is 13.0. The molecule has 1 saturated heterocycles. The molecule has 0 unspecified atom stereocenters. The highest BCUT2D eigenvalue weighted by Crippen LogP contribution is 2.25. The Balaban J connectivity index is 1.64. The number of nitrogens with zero attached hydrogens (tertiary/aromatic N) is 4. The third kappa shape index (κ3) is 4.50. The van der Waals surface area contributed by atoms with Gasteiger partial charge in [-0.2, -0.15) is 4.98 Å². The van der Waals surface area contributed by atoms with Gasteiger partial charge < -0.3 is 9.80 Å². The van der Waals surface area contributed by atoms with Crippen LogP contribution in [0.2, 0.25) is 0 Å². The Bertz CT molecular complexity index is 659. The van der Waals surface area contributed by atoms with Crippen LogP contribution < -0.4 is 9.80 Å². The van der Waals surface area contributed by atoms with E-state index in [1.165, 1.54) is 24.8 Å². The average molecular weight is 338 g/mol. The number of aromatic nitrogens is 2. The minimum Gasteiger partial charge on any atom is -0.357 e. The number of anilines is 2. The molecule has 1 aliphatic rings. The number of piperidine rings is 1. The van der Waals surface area contributed by atoms with Crippen molar-refractivity contribution in [3.8, 4) is 0 Å². The van der Waals surface area contributed by atoms with Crippen molar-refractivity contribution in [2.45, 2.75) is 40.0 Å². The van der Waals surface area contributed by atoms with Gasteiger partial charge in [0.25, 0.3) is 0 Å². The van der Waals surface area contributed by atoms with Gasteiger partial charge in [-0.1, -0.05) is 30.3 Å². The summed E-state index contributed by atoms with van der Waals surface area (Å²) in [5, 5.41) is 0. The molecule has 4 heteroatoms. The summed E-state index contributed by atoms with van der Waals surface area (Å²) in [5.41, 5.74) is 2.51. The van der Waals surface area contributed by atoms with Crippen LogP contribution in [0, 0.1) is 12.8 Å². The third-order valence-electron chi connectivity index (χ3n) is 5.18. The highest BCUT2D eigenvalue weighted by molar-refractivity contribution is 5.46. The largest absolute Gasteiger partial charge is 0.357 e. The maximum absolute atomic E-state index is 4.85. The van der Waals surface area contributed by atoms with Crippen molar-refractivity contribution >= 4 is 11.8 Å². The van der Waals surface area contributed by atoms with E-state index in [9.17, 15) is 0 Å². The molecule has 0 bridgehead atoms. The zero-order valence-electron chi connectivity index (χ0n) is 15.8. The van der Waals surface area contributed by atoms with Crippen LogP contribution in [0.5, 0.6) is 0 Å². The molecule has 0 atom stereocenters. The molecular formula is C21H30N4. The van der Waals surface area contributed by atoms with Gasteiger partial charge >= 0.3 is 0 Å². The van der Waals surface area contributed by atoms with Crippen molar-refractivity contribution < 1.29 is 0 Å². The number of aryl methyl sites for hydroxylation is 1. The van der Waals surface area contributed by atoms with Crippen LogP contribution in [-0.4, -0.2) is 36.1 Å². The molecule has 134 valence electrons. The van der Waals surface area contributed by atoms with E-state index in [0.29, 0.717) is 0 Å². The Morgan fingerprint density at radius 3 is 2.36 bits per heavy atom. The second kappa shape index (κ2) is 8.32.